The third-order valence-electron chi connectivity index (χ3n) is 3.10. The van der Waals surface area contributed by atoms with Crippen LogP contribution in [0.1, 0.15) is 24.2 Å². The van der Waals surface area contributed by atoms with E-state index in [4.69, 9.17) is 10.5 Å². The van der Waals surface area contributed by atoms with Crippen LogP contribution in [0, 0.1) is 0 Å². The molecule has 0 atom stereocenters. The molecule has 5 heteroatoms. The lowest BCUT2D eigenvalue weighted by atomic mass is 10.1. The van der Waals surface area contributed by atoms with E-state index in [0.717, 1.165) is 17.1 Å². The second-order valence-electron chi connectivity index (χ2n) is 5.28. The average Bonchev–Trinajstić information content (AvgIpc) is 2.49. The van der Waals surface area contributed by atoms with Crippen LogP contribution in [0.3, 0.4) is 0 Å². The fourth-order valence-electron chi connectivity index (χ4n) is 1.99. The summed E-state index contributed by atoms with van der Waals surface area (Å²) in [5, 5.41) is 6.06. The monoisotopic (exact) mass is 299 g/mol. The zero-order valence-corrected chi connectivity index (χ0v) is 13.0. The second-order valence-corrected chi connectivity index (χ2v) is 5.28. The van der Waals surface area contributed by atoms with Crippen molar-refractivity contribution in [3.8, 4) is 5.75 Å². The Morgan fingerprint density at radius 1 is 1.14 bits per heavy atom. The highest BCUT2D eigenvalue weighted by Crippen LogP contribution is 2.25. The largest absolute Gasteiger partial charge is 0.497 e. The van der Waals surface area contributed by atoms with Crippen LogP contribution in [0.2, 0.25) is 0 Å². The van der Waals surface area contributed by atoms with Gasteiger partial charge in [-0.1, -0.05) is 0 Å². The van der Waals surface area contributed by atoms with E-state index < -0.39 is 0 Å². The normalized spacial score (nSPS) is 10.4. The molecular weight excluding hydrogens is 278 g/mol. The number of benzene rings is 2. The number of ether oxygens (including phenoxy) is 1. The fourth-order valence-corrected chi connectivity index (χ4v) is 1.99. The third-order valence-corrected chi connectivity index (χ3v) is 3.10. The molecule has 4 N–H and O–H groups in total. The Balaban J connectivity index is 2.13. The van der Waals surface area contributed by atoms with E-state index >= 15 is 0 Å². The van der Waals surface area contributed by atoms with Crippen molar-refractivity contribution >= 4 is 23.0 Å². The molecule has 0 aliphatic rings. The summed E-state index contributed by atoms with van der Waals surface area (Å²) in [4.78, 5) is 11.9. The number of methoxy groups -OCH3 is 1. The van der Waals surface area contributed by atoms with Gasteiger partial charge in [0.2, 0.25) is 0 Å². The second kappa shape index (κ2) is 6.85. The number of amides is 1. The van der Waals surface area contributed by atoms with E-state index in [9.17, 15) is 4.79 Å². The maximum absolute atomic E-state index is 11.9. The molecule has 0 aromatic heterocycles. The lowest BCUT2D eigenvalue weighted by molar-refractivity contribution is 0.0943. The molecule has 0 spiro atoms. The average molecular weight is 299 g/mol. The Bertz CT molecular complexity index is 651. The van der Waals surface area contributed by atoms with Crippen LogP contribution < -0.4 is 21.1 Å². The summed E-state index contributed by atoms with van der Waals surface area (Å²) in [5.74, 6) is 0.664. The minimum atomic E-state index is -0.127. The standard InChI is InChI=1S/C17H21N3O2/c1-11(2)19-17(21)12-4-9-16(15(18)10-12)20-13-5-7-14(22-3)8-6-13/h4-11,20H,18H2,1-3H3,(H,19,21). The Kier molecular flexibility index (Phi) is 4.88. The SMILES string of the molecule is COc1ccc(Nc2ccc(C(=O)NC(C)C)cc2N)cc1. The van der Waals surface area contributed by atoms with E-state index in [-0.39, 0.29) is 11.9 Å². The molecule has 0 bridgehead atoms. The van der Waals surface area contributed by atoms with Gasteiger partial charge in [-0.05, 0) is 56.3 Å². The molecule has 22 heavy (non-hydrogen) atoms. The van der Waals surface area contributed by atoms with Crippen LogP contribution in [-0.4, -0.2) is 19.1 Å². The molecule has 0 aliphatic carbocycles. The lowest BCUT2D eigenvalue weighted by Gasteiger charge is -2.12. The molecule has 1 amide bonds. The van der Waals surface area contributed by atoms with Crippen molar-refractivity contribution < 1.29 is 9.53 Å². The first-order valence-electron chi connectivity index (χ1n) is 7.11. The molecule has 116 valence electrons. The van der Waals surface area contributed by atoms with E-state index in [1.54, 1.807) is 25.3 Å². The maximum Gasteiger partial charge on any atom is 0.251 e. The van der Waals surface area contributed by atoms with E-state index in [1.807, 2.05) is 38.1 Å². The van der Waals surface area contributed by atoms with Gasteiger partial charge in [-0.2, -0.15) is 0 Å². The summed E-state index contributed by atoms with van der Waals surface area (Å²) in [7, 11) is 1.63. The molecule has 0 saturated carbocycles. The molecule has 2 aromatic rings. The van der Waals surface area contributed by atoms with Crippen LogP contribution >= 0.6 is 0 Å². The van der Waals surface area contributed by atoms with Gasteiger partial charge in [-0.15, -0.1) is 0 Å². The van der Waals surface area contributed by atoms with Crippen molar-refractivity contribution in [1.29, 1.82) is 0 Å². The van der Waals surface area contributed by atoms with Crippen molar-refractivity contribution in [2.24, 2.45) is 0 Å². The first-order chi connectivity index (χ1) is 10.5. The van der Waals surface area contributed by atoms with E-state index in [2.05, 4.69) is 10.6 Å². The Morgan fingerprint density at radius 2 is 1.82 bits per heavy atom. The highest BCUT2D eigenvalue weighted by atomic mass is 16.5. The summed E-state index contributed by atoms with van der Waals surface area (Å²) in [6.45, 7) is 3.84. The van der Waals surface area contributed by atoms with Crippen LogP contribution in [0.25, 0.3) is 0 Å². The van der Waals surface area contributed by atoms with Crippen molar-refractivity contribution in [2.75, 3.05) is 18.2 Å². The van der Waals surface area contributed by atoms with Gasteiger partial charge in [-0.25, -0.2) is 0 Å². The molecule has 2 aromatic carbocycles. The molecule has 0 radical (unpaired) electrons. The molecule has 0 unspecified atom stereocenters. The van der Waals surface area contributed by atoms with Crippen LogP contribution in [0.15, 0.2) is 42.5 Å². The predicted octanol–water partition coefficient (Wildman–Crippen LogP) is 3.16. The molecule has 2 rings (SSSR count). The van der Waals surface area contributed by atoms with E-state index in [0.29, 0.717) is 11.3 Å². The van der Waals surface area contributed by atoms with Gasteiger partial charge in [0.1, 0.15) is 5.75 Å². The topological polar surface area (TPSA) is 76.4 Å². The van der Waals surface area contributed by atoms with Crippen LogP contribution in [0.4, 0.5) is 17.1 Å². The van der Waals surface area contributed by atoms with Crippen molar-refractivity contribution in [2.45, 2.75) is 19.9 Å². The number of rotatable bonds is 5. The number of carbonyl (C=O) groups excluding carboxylic acids is 1. The first-order valence-corrected chi connectivity index (χ1v) is 7.11. The summed E-state index contributed by atoms with van der Waals surface area (Å²) in [6, 6.07) is 12.8. The van der Waals surface area contributed by atoms with Gasteiger partial charge in [0.15, 0.2) is 0 Å². The smallest absolute Gasteiger partial charge is 0.251 e. The van der Waals surface area contributed by atoms with Gasteiger partial charge >= 0.3 is 0 Å². The van der Waals surface area contributed by atoms with Crippen molar-refractivity contribution in [3.63, 3.8) is 0 Å². The van der Waals surface area contributed by atoms with Gasteiger partial charge in [0, 0.05) is 17.3 Å². The van der Waals surface area contributed by atoms with Gasteiger partial charge < -0.3 is 21.1 Å². The highest BCUT2D eigenvalue weighted by Gasteiger charge is 2.09. The van der Waals surface area contributed by atoms with Crippen molar-refractivity contribution in [3.05, 3.63) is 48.0 Å². The number of hydrogen-bond acceptors (Lipinski definition) is 4. The summed E-state index contributed by atoms with van der Waals surface area (Å²) in [6.07, 6.45) is 0. The van der Waals surface area contributed by atoms with E-state index in [1.165, 1.54) is 0 Å². The number of anilines is 3. The number of carbonyl (C=O) groups is 1. The number of nitrogens with two attached hydrogens (primary N) is 1. The van der Waals surface area contributed by atoms with Gasteiger partial charge in [0.25, 0.3) is 5.91 Å². The summed E-state index contributed by atoms with van der Waals surface area (Å²) in [5.41, 5.74) is 8.75. The maximum atomic E-state index is 11.9. The van der Waals surface area contributed by atoms with Crippen molar-refractivity contribution in [1.82, 2.24) is 5.32 Å². The summed E-state index contributed by atoms with van der Waals surface area (Å²) < 4.78 is 5.12. The van der Waals surface area contributed by atoms with Crippen LogP contribution in [0.5, 0.6) is 5.75 Å². The molecule has 0 heterocycles. The zero-order chi connectivity index (χ0) is 16.1. The molecule has 5 nitrogen and oxygen atoms in total. The molecular formula is C17H21N3O2. The quantitative estimate of drug-likeness (QED) is 0.741. The molecule has 0 fully saturated rings. The Labute approximate surface area is 130 Å². The summed E-state index contributed by atoms with van der Waals surface area (Å²) >= 11 is 0. The first kappa shape index (κ1) is 15.7. The van der Waals surface area contributed by atoms with Gasteiger partial charge in [-0.3, -0.25) is 4.79 Å². The minimum absolute atomic E-state index is 0.0887. The molecule has 0 saturated heterocycles. The predicted molar refractivity (Wildman–Crippen MR) is 89.7 cm³/mol. The zero-order valence-electron chi connectivity index (χ0n) is 13.0. The van der Waals surface area contributed by atoms with Crippen LogP contribution in [-0.2, 0) is 0 Å². The highest BCUT2D eigenvalue weighted by molar-refractivity contribution is 5.96. The Morgan fingerprint density at radius 3 is 2.36 bits per heavy atom. The fraction of sp³-hybridized carbons (Fsp3) is 0.235. The third kappa shape index (κ3) is 3.91. The number of nitrogen functional groups attached to an aromatic ring is 1. The minimum Gasteiger partial charge on any atom is -0.497 e. The van der Waals surface area contributed by atoms with Gasteiger partial charge in [0.05, 0.1) is 18.5 Å². The lowest BCUT2D eigenvalue weighted by Crippen LogP contribution is -2.30. The number of hydrogen-bond donors (Lipinski definition) is 3. The molecule has 0 aliphatic heterocycles. The number of nitrogens with one attached hydrogen (secondary N) is 2. The Hall–Kier alpha value is -2.69.